The molecule has 0 atom stereocenters. The zero-order valence-electron chi connectivity index (χ0n) is 76.1. The molecule has 0 aliphatic heterocycles. The lowest BCUT2D eigenvalue weighted by atomic mass is 9.90. The Kier molecular flexibility index (Phi) is 19.6. The molecule has 0 fully saturated rings. The van der Waals surface area contributed by atoms with Gasteiger partial charge in [-0.2, -0.15) is 0 Å². The Hall–Kier alpha value is -19.2. The van der Waals surface area contributed by atoms with Gasteiger partial charge in [0.15, 0.2) is 5.82 Å². The van der Waals surface area contributed by atoms with Gasteiger partial charge >= 0.3 is 0 Å². The molecule has 0 radical (unpaired) electrons. The van der Waals surface area contributed by atoms with Gasteiger partial charge in [-0.25, -0.2) is 44.9 Å². The monoisotopic (exact) mass is 1800 g/mol. The molecule has 0 aliphatic rings. The number of hydrogen-bond donors (Lipinski definition) is 0. The van der Waals surface area contributed by atoms with E-state index in [0.29, 0.717) is 5.82 Å². The molecule has 0 amide bonds. The van der Waals surface area contributed by atoms with Crippen molar-refractivity contribution in [1.29, 1.82) is 0 Å². The average Bonchev–Trinajstić information content (AvgIpc) is 1.60. The minimum atomic E-state index is 0.713. The normalized spacial score (nSPS) is 11.7. The first-order valence-corrected chi connectivity index (χ1v) is 47.5. The van der Waals surface area contributed by atoms with Gasteiger partial charge in [0.1, 0.15) is 16.9 Å². The van der Waals surface area contributed by atoms with E-state index in [1.807, 2.05) is 72.8 Å². The van der Waals surface area contributed by atoms with Gasteiger partial charge < -0.3 is 0 Å². The van der Waals surface area contributed by atoms with E-state index < -0.39 is 0 Å². The molecule has 0 saturated heterocycles. The predicted molar refractivity (Wildman–Crippen MR) is 582 cm³/mol. The van der Waals surface area contributed by atoms with Crippen LogP contribution in [0.3, 0.4) is 0 Å². The van der Waals surface area contributed by atoms with E-state index in [4.69, 9.17) is 44.9 Å². The number of nitrogens with zero attached hydrogens (tertiary/aromatic N) is 12. The Morgan fingerprint density at radius 2 is 0.404 bits per heavy atom. The van der Waals surface area contributed by atoms with Crippen LogP contribution in [0.15, 0.2) is 486 Å². The van der Waals surface area contributed by atoms with Gasteiger partial charge in [0.25, 0.3) is 0 Å². The first-order chi connectivity index (χ1) is 69.9. The molecule has 0 bridgehead atoms. The molecule has 656 valence electrons. The smallest absolute Gasteiger partial charge is 0.160 e. The van der Waals surface area contributed by atoms with E-state index in [1.54, 1.807) is 0 Å². The third-order valence-corrected chi connectivity index (χ3v) is 27.5. The summed E-state index contributed by atoms with van der Waals surface area (Å²) in [5.74, 6) is 0.713. The molecule has 20 aromatic carbocycles. The lowest BCUT2D eigenvalue weighted by molar-refractivity contribution is 1.23. The van der Waals surface area contributed by atoms with Crippen molar-refractivity contribution in [3.63, 3.8) is 0 Å². The Morgan fingerprint density at radius 3 is 0.801 bits per heavy atom. The molecular formula is C129H80N12. The van der Waals surface area contributed by atoms with Crippen LogP contribution in [-0.4, -0.2) is 58.1 Å². The molecule has 29 rings (SSSR count). The number of imidazole rings is 3. The fraction of sp³-hybridized carbons (Fsp3) is 0. The van der Waals surface area contributed by atoms with Gasteiger partial charge in [0, 0.05) is 89.7 Å². The van der Waals surface area contributed by atoms with E-state index in [9.17, 15) is 0 Å². The third-order valence-electron chi connectivity index (χ3n) is 27.5. The number of hydrogen-bond acceptors (Lipinski definition) is 9. The molecule has 0 unspecified atom stereocenters. The number of pyridine rings is 3. The van der Waals surface area contributed by atoms with Crippen molar-refractivity contribution in [1.82, 2.24) is 58.1 Å². The van der Waals surface area contributed by atoms with Crippen LogP contribution in [0.5, 0.6) is 0 Å². The first-order valence-electron chi connectivity index (χ1n) is 47.5. The maximum atomic E-state index is 5.39. The van der Waals surface area contributed by atoms with Gasteiger partial charge in [-0.15, -0.1) is 0 Å². The summed E-state index contributed by atoms with van der Waals surface area (Å²) in [6, 6.07) is 164. The van der Waals surface area contributed by atoms with Gasteiger partial charge in [-0.05, 0) is 191 Å². The third kappa shape index (κ3) is 14.3. The van der Waals surface area contributed by atoms with E-state index in [2.05, 4.69) is 426 Å². The van der Waals surface area contributed by atoms with E-state index in [0.717, 1.165) is 216 Å². The van der Waals surface area contributed by atoms with E-state index >= 15 is 0 Å². The summed E-state index contributed by atoms with van der Waals surface area (Å²) in [6.07, 6.45) is 6.32. The number of rotatable bonds is 11. The van der Waals surface area contributed by atoms with Crippen LogP contribution in [0.25, 0.3) is 271 Å². The van der Waals surface area contributed by atoms with Gasteiger partial charge in [-0.3, -0.25) is 13.2 Å². The molecule has 0 aliphatic carbocycles. The number of aromatic nitrogens is 12. The average molecular weight is 1800 g/mol. The zero-order chi connectivity index (χ0) is 93.0. The Balaban J connectivity index is 0.000000107. The maximum absolute atomic E-state index is 5.39. The number of fused-ring (bicyclic) bond motifs is 27. The highest BCUT2D eigenvalue weighted by atomic mass is 15.0. The highest BCUT2D eigenvalue weighted by Crippen LogP contribution is 2.47. The molecule has 9 aromatic heterocycles. The lowest BCUT2D eigenvalue weighted by Gasteiger charge is -2.16. The summed E-state index contributed by atoms with van der Waals surface area (Å²) in [6.45, 7) is 0. The lowest BCUT2D eigenvalue weighted by Crippen LogP contribution is -1.97. The second-order valence-electron chi connectivity index (χ2n) is 35.8. The highest BCUT2D eigenvalue weighted by molar-refractivity contribution is 6.28. The van der Waals surface area contributed by atoms with Crippen molar-refractivity contribution in [3.05, 3.63) is 486 Å². The second kappa shape index (κ2) is 34.0. The van der Waals surface area contributed by atoms with Crippen LogP contribution < -0.4 is 0 Å². The summed E-state index contributed by atoms with van der Waals surface area (Å²) >= 11 is 0. The first kappa shape index (κ1) is 81.4. The summed E-state index contributed by atoms with van der Waals surface area (Å²) in [4.78, 5) is 46.7. The number of benzene rings is 20. The van der Waals surface area contributed by atoms with Crippen LogP contribution in [0.1, 0.15) is 0 Å². The van der Waals surface area contributed by atoms with Crippen molar-refractivity contribution in [2.24, 2.45) is 0 Å². The Bertz CT molecular complexity index is 10000. The van der Waals surface area contributed by atoms with Gasteiger partial charge in [0.05, 0.1) is 89.2 Å². The standard InChI is InChI=1S/C51H32N4.2C39H24N4/c1-5-15-33(16-6-1)37-24-26-39-43(29-37)44-30-38(25-27-40(44)51-50(39)54-47-23-13-14-28-55(47)51)42-32-46-45(31-41(42)34-17-7-2-8-18-34)52-48(35-19-9-3-10-20-35)49(53-46)36-21-11-4-12-22-36;1-3-11-25(12-4-1)27-18-20-29-31(23-27)32-24-28(19-21-30(32)39-38(29)42-35-17-9-10-22-43(35)39)37-36(26-13-5-2-6-14-26)40-33-15-7-8-16-34(33)41-37;1-3-11-25(12-4-1)27-18-20-29-32(23-27)33-24-28(19-21-30(33)38-37(29)41-35-17-9-10-22-43(35)38)39-40-34-16-8-7-15-31(34)36(42-39)26-13-5-2-6-14-26/h1-32H;2*1-24H. The second-order valence-corrected chi connectivity index (χ2v) is 35.8. The van der Waals surface area contributed by atoms with Crippen LogP contribution in [0, 0.1) is 0 Å². The number of para-hydroxylation sites is 3. The topological polar surface area (TPSA) is 129 Å². The van der Waals surface area contributed by atoms with Crippen molar-refractivity contribution in [2.75, 3.05) is 0 Å². The summed E-state index contributed by atoms with van der Waals surface area (Å²) in [5, 5.41) is 14.9. The predicted octanol–water partition coefficient (Wildman–Crippen LogP) is 32.5. The summed E-state index contributed by atoms with van der Waals surface area (Å²) in [7, 11) is 0. The zero-order valence-corrected chi connectivity index (χ0v) is 76.1. The molecule has 12 heteroatoms. The van der Waals surface area contributed by atoms with E-state index in [1.165, 1.54) is 49.5 Å². The van der Waals surface area contributed by atoms with Gasteiger partial charge in [0.2, 0.25) is 0 Å². The quantitative estimate of drug-likeness (QED) is 0.116. The van der Waals surface area contributed by atoms with Crippen LogP contribution in [0.4, 0.5) is 0 Å². The summed E-state index contributed by atoms with van der Waals surface area (Å²) < 4.78 is 6.62. The maximum Gasteiger partial charge on any atom is 0.160 e. The SMILES string of the molecule is c1ccc(-c2ccc3c(c2)c2cc(-c4cc5nc(-c6ccccc6)c(-c6ccccc6)nc5cc4-c4ccccc4)ccc2c2c3nc3ccccn32)cc1.c1ccc(-c2ccc3c(c2)c2cc(-c4nc(-c5ccccc5)c5ccccc5n4)ccc2c2c3nc3ccccn32)cc1.c1ccc(-c2ccc3c(c2)c2cc(-c4nc5ccccc5nc4-c4ccccc4)ccc2c2c3nc3ccccn32)cc1. The molecule has 0 spiro atoms. The van der Waals surface area contributed by atoms with Crippen molar-refractivity contribution < 1.29 is 0 Å². The van der Waals surface area contributed by atoms with Gasteiger partial charge in [-0.1, -0.05) is 364 Å². The molecular weight excluding hydrogens is 1720 g/mol. The molecule has 29 aromatic rings. The molecule has 12 nitrogen and oxygen atoms in total. The van der Waals surface area contributed by atoms with Crippen LogP contribution in [-0.2, 0) is 0 Å². The Morgan fingerprint density at radius 1 is 0.135 bits per heavy atom. The highest BCUT2D eigenvalue weighted by Gasteiger charge is 2.26. The summed E-state index contributed by atoms with van der Waals surface area (Å²) in [5.41, 5.74) is 35.8. The Labute approximate surface area is 809 Å². The minimum absolute atomic E-state index is 0.713. The molecule has 9 heterocycles. The van der Waals surface area contributed by atoms with Crippen molar-refractivity contribution in [3.8, 4) is 123 Å². The molecule has 141 heavy (non-hydrogen) atoms. The fourth-order valence-electron chi connectivity index (χ4n) is 20.9. The van der Waals surface area contributed by atoms with Crippen LogP contribution in [0.2, 0.25) is 0 Å². The largest absolute Gasteiger partial charge is 0.299 e. The van der Waals surface area contributed by atoms with E-state index in [-0.39, 0.29) is 0 Å². The van der Waals surface area contributed by atoms with Crippen molar-refractivity contribution >= 4 is 148 Å². The minimum Gasteiger partial charge on any atom is -0.299 e. The molecule has 0 N–H and O–H groups in total. The molecule has 0 saturated carbocycles. The fourth-order valence-corrected chi connectivity index (χ4v) is 20.9. The van der Waals surface area contributed by atoms with Crippen molar-refractivity contribution in [2.45, 2.75) is 0 Å². The van der Waals surface area contributed by atoms with Crippen LogP contribution >= 0.6 is 0 Å².